The summed E-state index contributed by atoms with van der Waals surface area (Å²) in [6, 6.07) is 15.6. The van der Waals surface area contributed by atoms with Crippen LogP contribution in [0.25, 0.3) is 16.7 Å². The first-order valence-electron chi connectivity index (χ1n) is 11.0. The van der Waals surface area contributed by atoms with Crippen molar-refractivity contribution in [2.45, 2.75) is 49.1 Å². The normalized spacial score (nSPS) is 14.8. The van der Waals surface area contributed by atoms with Gasteiger partial charge < -0.3 is 5.32 Å². The summed E-state index contributed by atoms with van der Waals surface area (Å²) in [4.78, 5) is 25.8. The van der Waals surface area contributed by atoms with Gasteiger partial charge in [0, 0.05) is 24.4 Å². The van der Waals surface area contributed by atoms with Gasteiger partial charge in [-0.2, -0.15) is 0 Å². The summed E-state index contributed by atoms with van der Waals surface area (Å²) < 4.78 is 3.38. The fourth-order valence-electron chi connectivity index (χ4n) is 4.33. The molecule has 2 aromatic carbocycles. The van der Waals surface area contributed by atoms with Crippen molar-refractivity contribution in [2.75, 3.05) is 0 Å². The molecular formula is C24H25N5O2S. The number of thioether (sulfide) groups is 1. The van der Waals surface area contributed by atoms with E-state index in [1.807, 2.05) is 22.6 Å². The molecule has 7 nitrogen and oxygen atoms in total. The molecule has 0 aliphatic heterocycles. The SMILES string of the molecule is Cn1c(=O)c2ccc(C(=O)NC3CCCCC3)cc2n2c(SCc3ccccc3)nnc12. The monoisotopic (exact) mass is 447 g/mol. The molecule has 0 radical (unpaired) electrons. The lowest BCUT2D eigenvalue weighted by molar-refractivity contribution is 0.0928. The third kappa shape index (κ3) is 3.90. The van der Waals surface area contributed by atoms with Crippen LogP contribution in [0.15, 0.2) is 58.5 Å². The number of benzene rings is 2. The number of fused-ring (bicyclic) bond motifs is 3. The molecule has 0 spiro atoms. The zero-order valence-electron chi connectivity index (χ0n) is 18.0. The maximum atomic E-state index is 12.9. The Balaban J connectivity index is 1.54. The lowest BCUT2D eigenvalue weighted by Crippen LogP contribution is -2.36. The molecule has 0 saturated heterocycles. The summed E-state index contributed by atoms with van der Waals surface area (Å²) in [5.74, 6) is 1.09. The Hall–Kier alpha value is -3.13. The molecule has 1 aliphatic carbocycles. The molecule has 32 heavy (non-hydrogen) atoms. The summed E-state index contributed by atoms with van der Waals surface area (Å²) in [5, 5.41) is 13.0. The Morgan fingerprint density at radius 2 is 1.88 bits per heavy atom. The van der Waals surface area contributed by atoms with Gasteiger partial charge >= 0.3 is 0 Å². The van der Waals surface area contributed by atoms with Gasteiger partial charge in [0.1, 0.15) is 0 Å². The van der Waals surface area contributed by atoms with E-state index in [-0.39, 0.29) is 17.5 Å². The van der Waals surface area contributed by atoms with Crippen molar-refractivity contribution >= 4 is 34.3 Å². The van der Waals surface area contributed by atoms with Gasteiger partial charge in [-0.15, -0.1) is 10.2 Å². The lowest BCUT2D eigenvalue weighted by Gasteiger charge is -2.22. The molecule has 0 bridgehead atoms. The Morgan fingerprint density at radius 3 is 2.66 bits per heavy atom. The van der Waals surface area contributed by atoms with Crippen LogP contribution in [-0.2, 0) is 12.8 Å². The number of carbonyl (C=O) groups is 1. The third-order valence-electron chi connectivity index (χ3n) is 6.10. The predicted molar refractivity (Wildman–Crippen MR) is 126 cm³/mol. The van der Waals surface area contributed by atoms with E-state index in [9.17, 15) is 9.59 Å². The number of amides is 1. The molecule has 0 atom stereocenters. The number of aryl methyl sites for hydroxylation is 1. The fourth-order valence-corrected chi connectivity index (χ4v) is 5.23. The van der Waals surface area contributed by atoms with Crippen molar-refractivity contribution < 1.29 is 4.79 Å². The number of aromatic nitrogens is 4. The molecule has 1 N–H and O–H groups in total. The second kappa shape index (κ2) is 8.78. The minimum Gasteiger partial charge on any atom is -0.349 e. The summed E-state index contributed by atoms with van der Waals surface area (Å²) in [5.41, 5.74) is 2.22. The molecule has 1 fully saturated rings. The van der Waals surface area contributed by atoms with Crippen LogP contribution < -0.4 is 10.9 Å². The zero-order valence-corrected chi connectivity index (χ0v) is 18.8. The van der Waals surface area contributed by atoms with Crippen LogP contribution in [0.4, 0.5) is 0 Å². The van der Waals surface area contributed by atoms with Crippen molar-refractivity contribution in [3.63, 3.8) is 0 Å². The van der Waals surface area contributed by atoms with Gasteiger partial charge in [-0.3, -0.25) is 18.6 Å². The van der Waals surface area contributed by atoms with E-state index in [0.717, 1.165) is 31.4 Å². The number of hydrogen-bond acceptors (Lipinski definition) is 5. The van der Waals surface area contributed by atoms with Crippen LogP contribution in [0.5, 0.6) is 0 Å². The number of nitrogens with zero attached hydrogens (tertiary/aromatic N) is 4. The second-order valence-corrected chi connectivity index (χ2v) is 9.24. The highest BCUT2D eigenvalue weighted by Gasteiger charge is 2.19. The number of rotatable bonds is 5. The molecular weight excluding hydrogens is 422 g/mol. The van der Waals surface area contributed by atoms with E-state index in [0.29, 0.717) is 27.4 Å². The standard InChI is InChI=1S/C24H25N5O2S/c1-28-22(31)19-13-12-17(21(30)25-18-10-6-3-7-11-18)14-20(19)29-23(28)26-27-24(29)32-15-16-8-4-2-5-9-16/h2,4-5,8-9,12-14,18H,3,6-7,10-11,15H2,1H3,(H,25,30). The summed E-state index contributed by atoms with van der Waals surface area (Å²) in [6.07, 6.45) is 5.59. The van der Waals surface area contributed by atoms with Gasteiger partial charge in [-0.1, -0.05) is 61.4 Å². The average molecular weight is 448 g/mol. The number of carbonyl (C=O) groups excluding carboxylic acids is 1. The third-order valence-corrected chi connectivity index (χ3v) is 7.10. The van der Waals surface area contributed by atoms with Crippen LogP contribution in [0.2, 0.25) is 0 Å². The van der Waals surface area contributed by atoms with Crippen LogP contribution in [0.3, 0.4) is 0 Å². The highest BCUT2D eigenvalue weighted by atomic mass is 32.2. The summed E-state index contributed by atoms with van der Waals surface area (Å²) in [6.45, 7) is 0. The van der Waals surface area contributed by atoms with Gasteiger partial charge in [0.15, 0.2) is 5.16 Å². The van der Waals surface area contributed by atoms with E-state index >= 15 is 0 Å². The Morgan fingerprint density at radius 1 is 1.09 bits per heavy atom. The van der Waals surface area contributed by atoms with E-state index in [1.165, 1.54) is 16.6 Å². The first kappa shape index (κ1) is 20.8. The van der Waals surface area contributed by atoms with Crippen LogP contribution >= 0.6 is 11.8 Å². The Labute approximate surface area is 189 Å². The maximum Gasteiger partial charge on any atom is 0.262 e. The average Bonchev–Trinajstić information content (AvgIpc) is 3.26. The molecule has 2 heterocycles. The maximum absolute atomic E-state index is 12.9. The van der Waals surface area contributed by atoms with E-state index < -0.39 is 0 Å². The molecule has 1 amide bonds. The van der Waals surface area contributed by atoms with E-state index in [4.69, 9.17) is 0 Å². The quantitative estimate of drug-likeness (QED) is 0.469. The Bertz CT molecular complexity index is 1340. The van der Waals surface area contributed by atoms with Gasteiger partial charge in [0.2, 0.25) is 5.78 Å². The van der Waals surface area contributed by atoms with Gasteiger partial charge in [0.05, 0.1) is 10.9 Å². The molecule has 2 aromatic heterocycles. The molecule has 8 heteroatoms. The zero-order chi connectivity index (χ0) is 22.1. The Kier molecular flexibility index (Phi) is 5.70. The minimum absolute atomic E-state index is 0.0980. The van der Waals surface area contributed by atoms with Crippen molar-refractivity contribution in [3.8, 4) is 0 Å². The minimum atomic E-state index is -0.154. The van der Waals surface area contributed by atoms with Gasteiger partial charge in [-0.25, -0.2) is 0 Å². The molecule has 164 valence electrons. The molecule has 5 rings (SSSR count). The van der Waals surface area contributed by atoms with Crippen LogP contribution in [0.1, 0.15) is 48.0 Å². The molecule has 1 saturated carbocycles. The molecule has 0 unspecified atom stereocenters. The number of nitrogens with one attached hydrogen (secondary N) is 1. The van der Waals surface area contributed by atoms with Crippen molar-refractivity contribution in [2.24, 2.45) is 7.05 Å². The summed E-state index contributed by atoms with van der Waals surface area (Å²) in [7, 11) is 1.70. The lowest BCUT2D eigenvalue weighted by atomic mass is 9.95. The van der Waals surface area contributed by atoms with E-state index in [2.05, 4.69) is 27.6 Å². The van der Waals surface area contributed by atoms with E-state index in [1.54, 1.807) is 37.0 Å². The number of hydrogen-bond donors (Lipinski definition) is 1. The topological polar surface area (TPSA) is 81.3 Å². The van der Waals surface area contributed by atoms with Gasteiger partial charge in [0.25, 0.3) is 11.5 Å². The van der Waals surface area contributed by atoms with Crippen LogP contribution in [-0.4, -0.2) is 31.1 Å². The van der Waals surface area contributed by atoms with Crippen LogP contribution in [0, 0.1) is 0 Å². The van der Waals surface area contributed by atoms with Crippen molar-refractivity contribution in [1.29, 1.82) is 0 Å². The smallest absolute Gasteiger partial charge is 0.262 e. The molecule has 4 aromatic rings. The highest BCUT2D eigenvalue weighted by Crippen LogP contribution is 2.25. The van der Waals surface area contributed by atoms with Crippen molar-refractivity contribution in [1.82, 2.24) is 24.5 Å². The predicted octanol–water partition coefficient (Wildman–Crippen LogP) is 3.94. The largest absolute Gasteiger partial charge is 0.349 e. The first-order valence-corrected chi connectivity index (χ1v) is 12.0. The van der Waals surface area contributed by atoms with Gasteiger partial charge in [-0.05, 0) is 36.6 Å². The van der Waals surface area contributed by atoms with Crippen molar-refractivity contribution in [3.05, 3.63) is 70.0 Å². The first-order chi connectivity index (χ1) is 15.6. The summed E-state index contributed by atoms with van der Waals surface area (Å²) >= 11 is 1.56. The highest BCUT2D eigenvalue weighted by molar-refractivity contribution is 7.98. The second-order valence-electron chi connectivity index (χ2n) is 8.30. The fraction of sp³-hybridized carbons (Fsp3) is 0.333. The molecule has 1 aliphatic rings.